The van der Waals surface area contributed by atoms with E-state index in [1.165, 1.54) is 6.07 Å². The summed E-state index contributed by atoms with van der Waals surface area (Å²) < 4.78 is 0. The number of hydrogen-bond acceptors (Lipinski definition) is 4. The molecule has 98 valence electrons. The van der Waals surface area contributed by atoms with Gasteiger partial charge >= 0.3 is 0 Å². The van der Waals surface area contributed by atoms with Gasteiger partial charge in [-0.1, -0.05) is 0 Å². The van der Waals surface area contributed by atoms with Gasteiger partial charge < -0.3 is 16.2 Å². The lowest BCUT2D eigenvalue weighted by atomic mass is 9.95. The van der Waals surface area contributed by atoms with E-state index in [-0.39, 0.29) is 11.4 Å². The number of H-pyrrole nitrogens is 1. The molecule has 1 aromatic heterocycles. The highest BCUT2D eigenvalue weighted by molar-refractivity contribution is 5.94. The fraction of sp³-hybridized carbons (Fsp3) is 0.500. The van der Waals surface area contributed by atoms with E-state index in [0.29, 0.717) is 12.5 Å². The summed E-state index contributed by atoms with van der Waals surface area (Å²) in [4.78, 5) is 25.4. The number of pyridine rings is 1. The third-order valence-electron chi connectivity index (χ3n) is 3.39. The summed E-state index contributed by atoms with van der Waals surface area (Å²) in [5, 5.41) is 12.1. The molecule has 6 heteroatoms. The van der Waals surface area contributed by atoms with Gasteiger partial charge in [-0.15, -0.1) is 0 Å². The molecule has 0 aliphatic heterocycles. The van der Waals surface area contributed by atoms with E-state index in [4.69, 9.17) is 5.73 Å². The molecular weight excluding hydrogens is 234 g/mol. The van der Waals surface area contributed by atoms with Crippen molar-refractivity contribution in [2.45, 2.75) is 25.3 Å². The predicted molar refractivity (Wildman–Crippen MR) is 66.4 cm³/mol. The maximum absolute atomic E-state index is 12.0. The predicted octanol–water partition coefficient (Wildman–Crippen LogP) is -0.0623. The normalized spacial score (nSPS) is 18.1. The van der Waals surface area contributed by atoms with Crippen LogP contribution in [0.3, 0.4) is 0 Å². The Morgan fingerprint density at radius 2 is 2.28 bits per heavy atom. The van der Waals surface area contributed by atoms with E-state index >= 15 is 0 Å². The van der Waals surface area contributed by atoms with Crippen molar-refractivity contribution in [1.82, 2.24) is 10.3 Å². The Labute approximate surface area is 104 Å². The zero-order valence-corrected chi connectivity index (χ0v) is 10.2. The number of nitrogens with one attached hydrogen (secondary N) is 2. The first-order valence-electron chi connectivity index (χ1n) is 5.90. The fourth-order valence-corrected chi connectivity index (χ4v) is 2.03. The Hall–Kier alpha value is -1.82. The number of amides is 1. The van der Waals surface area contributed by atoms with E-state index < -0.39 is 17.0 Å². The van der Waals surface area contributed by atoms with E-state index in [1.54, 1.807) is 0 Å². The molecule has 1 heterocycles. The lowest BCUT2D eigenvalue weighted by Gasteiger charge is -2.29. The first-order valence-corrected chi connectivity index (χ1v) is 5.90. The maximum atomic E-state index is 12.0. The number of aromatic nitrogens is 1. The summed E-state index contributed by atoms with van der Waals surface area (Å²) in [6.45, 7) is 2.24. The highest BCUT2D eigenvalue weighted by Gasteiger charge is 2.41. The zero-order chi connectivity index (χ0) is 13.3. The second kappa shape index (κ2) is 4.45. The number of carbonyl (C=O) groups excluding carboxylic acids is 1. The second-order valence-corrected chi connectivity index (χ2v) is 4.97. The molecule has 1 unspecified atom stereocenters. The van der Waals surface area contributed by atoms with Crippen molar-refractivity contribution in [2.75, 3.05) is 6.54 Å². The molecule has 1 saturated carbocycles. The van der Waals surface area contributed by atoms with E-state index in [1.807, 2.05) is 6.92 Å². The van der Waals surface area contributed by atoms with Gasteiger partial charge in [0.15, 0.2) is 5.88 Å². The highest BCUT2D eigenvalue weighted by Crippen LogP contribution is 2.39. The number of hydrogen-bond donors (Lipinski definition) is 4. The van der Waals surface area contributed by atoms with Crippen LogP contribution in [-0.2, 0) is 0 Å². The SMILES string of the molecule is CC(CN)(NC(=O)c1cc(O)[nH]c(=O)c1)C1CC1. The second-order valence-electron chi connectivity index (χ2n) is 4.97. The van der Waals surface area contributed by atoms with Crippen LogP contribution in [0.4, 0.5) is 0 Å². The molecule has 1 aliphatic carbocycles. The van der Waals surface area contributed by atoms with Crippen LogP contribution in [0.2, 0.25) is 0 Å². The third-order valence-corrected chi connectivity index (χ3v) is 3.39. The monoisotopic (exact) mass is 251 g/mol. The van der Waals surface area contributed by atoms with Gasteiger partial charge in [0.25, 0.3) is 11.5 Å². The summed E-state index contributed by atoms with van der Waals surface area (Å²) in [6.07, 6.45) is 2.10. The van der Waals surface area contributed by atoms with E-state index in [9.17, 15) is 14.7 Å². The van der Waals surface area contributed by atoms with Gasteiger partial charge in [0.05, 0.1) is 11.1 Å². The minimum absolute atomic E-state index is 0.136. The molecule has 5 N–H and O–H groups in total. The lowest BCUT2D eigenvalue weighted by molar-refractivity contribution is 0.0897. The van der Waals surface area contributed by atoms with Crippen LogP contribution in [0.5, 0.6) is 5.88 Å². The van der Waals surface area contributed by atoms with Gasteiger partial charge in [-0.25, -0.2) is 0 Å². The summed E-state index contributed by atoms with van der Waals surface area (Å²) in [5.74, 6) is -0.327. The Morgan fingerprint density at radius 1 is 1.61 bits per heavy atom. The minimum Gasteiger partial charge on any atom is -0.494 e. The maximum Gasteiger partial charge on any atom is 0.252 e. The van der Waals surface area contributed by atoms with Crippen molar-refractivity contribution in [3.8, 4) is 5.88 Å². The summed E-state index contributed by atoms with van der Waals surface area (Å²) in [5.41, 5.74) is 4.88. The number of aromatic amines is 1. The molecule has 0 bridgehead atoms. The van der Waals surface area contributed by atoms with Crippen molar-refractivity contribution < 1.29 is 9.90 Å². The van der Waals surface area contributed by atoms with Gasteiger partial charge in [0.2, 0.25) is 0 Å². The van der Waals surface area contributed by atoms with E-state index in [0.717, 1.165) is 18.9 Å². The quantitative estimate of drug-likeness (QED) is 0.601. The molecule has 1 fully saturated rings. The average molecular weight is 251 g/mol. The molecule has 0 saturated heterocycles. The molecule has 0 aromatic carbocycles. The summed E-state index contributed by atoms with van der Waals surface area (Å²) >= 11 is 0. The number of aromatic hydroxyl groups is 1. The standard InChI is InChI=1S/C12H17N3O3/c1-12(6-13,8-2-3-8)15-11(18)7-4-9(16)14-10(17)5-7/h4-5,8H,2-3,6,13H2,1H3,(H,15,18)(H2,14,16,17). The Morgan fingerprint density at radius 3 is 2.78 bits per heavy atom. The van der Waals surface area contributed by atoms with Gasteiger partial charge in [0.1, 0.15) is 0 Å². The Bertz CT molecular complexity index is 522. The molecule has 0 spiro atoms. The molecule has 1 amide bonds. The van der Waals surface area contributed by atoms with Gasteiger partial charge in [0, 0.05) is 18.7 Å². The Balaban J connectivity index is 2.18. The topological polar surface area (TPSA) is 108 Å². The molecule has 6 nitrogen and oxygen atoms in total. The van der Waals surface area contributed by atoms with Crippen molar-refractivity contribution in [3.63, 3.8) is 0 Å². The van der Waals surface area contributed by atoms with Gasteiger partial charge in [-0.05, 0) is 25.7 Å². The van der Waals surface area contributed by atoms with Crippen LogP contribution in [0, 0.1) is 5.92 Å². The molecule has 1 aliphatic rings. The third kappa shape index (κ3) is 2.53. The molecular formula is C12H17N3O3. The smallest absolute Gasteiger partial charge is 0.252 e. The average Bonchev–Trinajstić information content (AvgIpc) is 3.11. The minimum atomic E-state index is -0.513. The van der Waals surface area contributed by atoms with Crippen LogP contribution in [0.1, 0.15) is 30.1 Å². The van der Waals surface area contributed by atoms with Crippen LogP contribution in [0.15, 0.2) is 16.9 Å². The van der Waals surface area contributed by atoms with E-state index in [2.05, 4.69) is 10.3 Å². The van der Waals surface area contributed by atoms with Crippen molar-refractivity contribution >= 4 is 5.91 Å². The Kier molecular flexibility index (Phi) is 3.13. The number of rotatable bonds is 4. The van der Waals surface area contributed by atoms with Crippen LogP contribution >= 0.6 is 0 Å². The summed E-state index contributed by atoms with van der Waals surface area (Å²) in [6, 6.07) is 2.37. The van der Waals surface area contributed by atoms with Crippen LogP contribution in [-0.4, -0.2) is 28.1 Å². The van der Waals surface area contributed by atoms with Crippen molar-refractivity contribution in [1.29, 1.82) is 0 Å². The highest BCUT2D eigenvalue weighted by atomic mass is 16.3. The fourth-order valence-electron chi connectivity index (χ4n) is 2.03. The number of carbonyl (C=O) groups is 1. The first-order chi connectivity index (χ1) is 8.44. The van der Waals surface area contributed by atoms with Crippen molar-refractivity contribution in [2.24, 2.45) is 11.7 Å². The lowest BCUT2D eigenvalue weighted by Crippen LogP contribution is -2.53. The first kappa shape index (κ1) is 12.6. The molecule has 1 aromatic rings. The zero-order valence-electron chi connectivity index (χ0n) is 10.2. The molecule has 0 radical (unpaired) electrons. The van der Waals surface area contributed by atoms with Gasteiger partial charge in [-0.3, -0.25) is 14.6 Å². The summed E-state index contributed by atoms with van der Waals surface area (Å²) in [7, 11) is 0. The molecule has 1 atom stereocenters. The van der Waals surface area contributed by atoms with Gasteiger partial charge in [-0.2, -0.15) is 0 Å². The number of nitrogens with two attached hydrogens (primary N) is 1. The van der Waals surface area contributed by atoms with Crippen molar-refractivity contribution in [3.05, 3.63) is 28.0 Å². The van der Waals surface area contributed by atoms with Crippen LogP contribution in [0.25, 0.3) is 0 Å². The van der Waals surface area contributed by atoms with Crippen LogP contribution < -0.4 is 16.6 Å². The molecule has 18 heavy (non-hydrogen) atoms. The molecule has 2 rings (SSSR count). The largest absolute Gasteiger partial charge is 0.494 e.